The summed E-state index contributed by atoms with van der Waals surface area (Å²) in [6.07, 6.45) is 16.3. The van der Waals surface area contributed by atoms with Gasteiger partial charge in [-0.15, -0.1) is 0 Å². The van der Waals surface area contributed by atoms with E-state index in [2.05, 4.69) is 102 Å². The van der Waals surface area contributed by atoms with E-state index in [1.807, 2.05) is 26.4 Å². The van der Waals surface area contributed by atoms with Gasteiger partial charge < -0.3 is 9.47 Å². The molecule has 0 aromatic heterocycles. The van der Waals surface area contributed by atoms with Gasteiger partial charge in [-0.25, -0.2) is 0 Å². The van der Waals surface area contributed by atoms with Gasteiger partial charge in [0.15, 0.2) is 5.75 Å². The number of methoxy groups -OCH3 is 2. The molecule has 2 aliphatic carbocycles. The molecule has 2 saturated carbocycles. The third kappa shape index (κ3) is 9.92. The molecule has 0 unspecified atom stereocenters. The van der Waals surface area contributed by atoms with E-state index in [-0.39, 0.29) is 0 Å². The Balaban J connectivity index is 0.000000454. The molecule has 0 radical (unpaired) electrons. The van der Waals surface area contributed by atoms with Gasteiger partial charge in [0.2, 0.25) is 0 Å². The molecule has 5 heteroatoms. The SMILES string of the molecule is CCCc1cc(C)cc(C)c1-c1c(OC)ccc(OC)c1[PH+](C1CCCCC1)C1CCCCC1.Cc1c[c-]cc(C)c1.[Br][Pd+]. The van der Waals surface area contributed by atoms with Gasteiger partial charge in [0, 0.05) is 7.92 Å². The van der Waals surface area contributed by atoms with Crippen molar-refractivity contribution in [2.75, 3.05) is 14.2 Å². The van der Waals surface area contributed by atoms with Crippen molar-refractivity contribution in [1.29, 1.82) is 0 Å². The van der Waals surface area contributed by atoms with Crippen LogP contribution in [0.4, 0.5) is 0 Å². The van der Waals surface area contributed by atoms with Crippen molar-refractivity contribution < 1.29 is 26.7 Å². The average molecular weight is 773 g/mol. The predicted octanol–water partition coefficient (Wildman–Crippen LogP) is 11.4. The molecule has 44 heavy (non-hydrogen) atoms. The van der Waals surface area contributed by atoms with E-state index in [9.17, 15) is 0 Å². The predicted molar refractivity (Wildman–Crippen MR) is 194 cm³/mol. The first kappa shape index (κ1) is 37.3. The summed E-state index contributed by atoms with van der Waals surface area (Å²) in [7, 11) is 2.90. The molecular formula is C39H55BrO2PPd+. The van der Waals surface area contributed by atoms with Crippen molar-refractivity contribution in [3.05, 3.63) is 76.3 Å². The molecule has 0 atom stereocenters. The van der Waals surface area contributed by atoms with Crippen LogP contribution in [0, 0.1) is 33.8 Å². The Bertz CT molecular complexity index is 1260. The molecule has 2 nitrogen and oxygen atoms in total. The second kappa shape index (κ2) is 19.5. The fraction of sp³-hybridized carbons (Fsp3) is 0.538. The average Bonchev–Trinajstić information content (AvgIpc) is 3.03. The van der Waals surface area contributed by atoms with Crippen molar-refractivity contribution >= 4 is 26.7 Å². The van der Waals surface area contributed by atoms with Gasteiger partial charge in [0.05, 0.1) is 31.1 Å². The Hall–Kier alpha value is -1.17. The molecule has 0 N–H and O–H groups in total. The Labute approximate surface area is 287 Å². The quantitative estimate of drug-likeness (QED) is 0.129. The molecule has 2 aliphatic rings. The Morgan fingerprint density at radius 1 is 0.727 bits per heavy atom. The summed E-state index contributed by atoms with van der Waals surface area (Å²) in [6, 6.07) is 18.3. The first-order chi connectivity index (χ1) is 21.4. The van der Waals surface area contributed by atoms with E-state index in [1.54, 1.807) is 5.30 Å². The van der Waals surface area contributed by atoms with E-state index in [1.165, 1.54) is 103 Å². The first-order valence-electron chi connectivity index (χ1n) is 16.7. The fourth-order valence-electron chi connectivity index (χ4n) is 7.64. The summed E-state index contributed by atoms with van der Waals surface area (Å²) < 4.78 is 12.3. The van der Waals surface area contributed by atoms with Crippen LogP contribution in [0.3, 0.4) is 0 Å². The van der Waals surface area contributed by atoms with Gasteiger partial charge in [-0.1, -0.05) is 57.7 Å². The summed E-state index contributed by atoms with van der Waals surface area (Å²) in [5, 5.41) is 1.55. The number of rotatable bonds is 8. The number of halogens is 1. The van der Waals surface area contributed by atoms with E-state index in [0.29, 0.717) is 0 Å². The molecule has 5 rings (SSSR count). The van der Waals surface area contributed by atoms with Gasteiger partial charge in [0.1, 0.15) is 11.1 Å². The Morgan fingerprint density at radius 3 is 1.70 bits per heavy atom. The van der Waals surface area contributed by atoms with Crippen LogP contribution in [0.25, 0.3) is 11.1 Å². The van der Waals surface area contributed by atoms with Crippen LogP contribution in [0.1, 0.15) is 105 Å². The standard InChI is InChI=1S/C31H45O2P.C8H9.BrH.Pd/c1-6-13-24-21-22(2)20-23(3)29(24)30-27(32-4)18-19-28(33-5)31(30)34(25-14-9-7-10-15-25)26-16-11-8-12-17-26;1-7-4-3-5-8(2)6-7;;/h18-21,25-26H,6-17H2,1-5H3;4-6H,1-2H3;1H;/q;-1;;+2. The van der Waals surface area contributed by atoms with Crippen LogP contribution in [-0.4, -0.2) is 25.5 Å². The molecule has 0 bridgehead atoms. The minimum atomic E-state index is -0.837. The second-order valence-corrected chi connectivity index (χ2v) is 15.8. The van der Waals surface area contributed by atoms with Gasteiger partial charge in [-0.3, -0.25) is 0 Å². The normalized spacial score (nSPS) is 15.6. The molecule has 2 fully saturated rings. The zero-order valence-electron chi connectivity index (χ0n) is 28.2. The molecule has 0 amide bonds. The third-order valence-corrected chi connectivity index (χ3v) is 13.3. The van der Waals surface area contributed by atoms with Crippen LogP contribution < -0.4 is 14.8 Å². The summed E-state index contributed by atoms with van der Waals surface area (Å²) >= 11 is 5.35. The van der Waals surface area contributed by atoms with Crippen LogP contribution in [0.15, 0.2) is 42.5 Å². The molecule has 3 aromatic carbocycles. The van der Waals surface area contributed by atoms with Crippen LogP contribution >= 0.6 is 21.4 Å². The number of aryl methyl sites for hydroxylation is 5. The number of benzene rings is 3. The van der Waals surface area contributed by atoms with E-state index in [0.717, 1.165) is 35.7 Å². The summed E-state index contributed by atoms with van der Waals surface area (Å²) in [5.74, 6) is 2.15. The molecule has 0 spiro atoms. The van der Waals surface area contributed by atoms with Crippen molar-refractivity contribution in [3.63, 3.8) is 0 Å². The minimum absolute atomic E-state index is 0.837. The molecule has 244 valence electrons. The van der Waals surface area contributed by atoms with Crippen molar-refractivity contribution in [3.8, 4) is 22.6 Å². The van der Waals surface area contributed by atoms with E-state index >= 15 is 0 Å². The van der Waals surface area contributed by atoms with Crippen LogP contribution in [-0.2, 0) is 23.6 Å². The van der Waals surface area contributed by atoms with E-state index in [4.69, 9.17) is 9.47 Å². The van der Waals surface area contributed by atoms with Gasteiger partial charge in [-0.2, -0.15) is 35.4 Å². The fourth-order valence-corrected chi connectivity index (χ4v) is 12.2. The summed E-state index contributed by atoms with van der Waals surface area (Å²) in [4.78, 5) is 0. The number of hydrogen-bond acceptors (Lipinski definition) is 2. The maximum absolute atomic E-state index is 6.20. The zero-order chi connectivity index (χ0) is 32.1. The second-order valence-electron chi connectivity index (χ2n) is 12.8. The van der Waals surface area contributed by atoms with Crippen LogP contribution in [0.2, 0.25) is 0 Å². The van der Waals surface area contributed by atoms with Crippen molar-refractivity contribution in [2.45, 2.75) is 123 Å². The monoisotopic (exact) mass is 771 g/mol. The molecular weight excluding hydrogens is 718 g/mol. The number of ether oxygens (including phenoxy) is 2. The molecule has 0 heterocycles. The summed E-state index contributed by atoms with van der Waals surface area (Å²) in [6.45, 7) is 11.0. The molecule has 3 aromatic rings. The van der Waals surface area contributed by atoms with Crippen molar-refractivity contribution in [1.82, 2.24) is 0 Å². The van der Waals surface area contributed by atoms with Gasteiger partial charge in [0.25, 0.3) is 0 Å². The molecule has 0 saturated heterocycles. The zero-order valence-corrected chi connectivity index (χ0v) is 32.3. The van der Waals surface area contributed by atoms with Crippen LogP contribution in [0.5, 0.6) is 11.5 Å². The molecule has 0 aliphatic heterocycles. The third-order valence-electron chi connectivity index (χ3n) is 9.36. The van der Waals surface area contributed by atoms with E-state index < -0.39 is 7.92 Å². The maximum atomic E-state index is 6.20. The van der Waals surface area contributed by atoms with Gasteiger partial charge in [-0.05, 0) is 100 Å². The first-order valence-corrected chi connectivity index (χ1v) is 21.9. The number of hydrogen-bond donors (Lipinski definition) is 0. The Morgan fingerprint density at radius 2 is 1.25 bits per heavy atom. The van der Waals surface area contributed by atoms with Crippen molar-refractivity contribution in [2.24, 2.45) is 0 Å². The summed E-state index contributed by atoms with van der Waals surface area (Å²) in [5.41, 5.74) is 11.3. The topological polar surface area (TPSA) is 18.5 Å². The van der Waals surface area contributed by atoms with Gasteiger partial charge >= 0.3 is 30.6 Å². The Kier molecular flexibility index (Phi) is 16.5.